The van der Waals surface area contributed by atoms with Gasteiger partial charge in [0.05, 0.1) is 25.4 Å². The maximum atomic E-state index is 6.44. The molecule has 3 aromatic heterocycles. The number of morpholine rings is 1. The van der Waals surface area contributed by atoms with Gasteiger partial charge in [0.2, 0.25) is 0 Å². The van der Waals surface area contributed by atoms with Crippen molar-refractivity contribution < 1.29 is 9.16 Å². The zero-order valence-corrected chi connectivity index (χ0v) is 23.4. The summed E-state index contributed by atoms with van der Waals surface area (Å²) >= 11 is 0. The van der Waals surface area contributed by atoms with E-state index in [-0.39, 0.29) is 5.04 Å². The first kappa shape index (κ1) is 25.4. The minimum Gasteiger partial charge on any atom is -0.413 e. The molecule has 0 spiro atoms. The summed E-state index contributed by atoms with van der Waals surface area (Å²) in [7, 11) is -1.83. The Kier molecular flexibility index (Phi) is 6.78. The van der Waals surface area contributed by atoms with Crippen molar-refractivity contribution in [3.63, 3.8) is 0 Å². The second-order valence-corrected chi connectivity index (χ2v) is 15.8. The molecule has 194 valence electrons. The molecule has 0 unspecified atom stereocenters. The Labute approximate surface area is 219 Å². The lowest BCUT2D eigenvalue weighted by Crippen LogP contribution is -2.40. The normalized spacial score (nSPS) is 14.9. The van der Waals surface area contributed by atoms with Crippen LogP contribution in [0.4, 0.5) is 11.6 Å². The summed E-state index contributed by atoms with van der Waals surface area (Å²) in [6.45, 7) is 15.0. The predicted molar refractivity (Wildman–Crippen MR) is 152 cm³/mol. The summed E-state index contributed by atoms with van der Waals surface area (Å²) in [5.74, 6) is 2.08. The summed E-state index contributed by atoms with van der Waals surface area (Å²) in [4.78, 5) is 16.6. The van der Waals surface area contributed by atoms with Gasteiger partial charge in [-0.15, -0.1) is 0 Å². The highest BCUT2D eigenvalue weighted by atomic mass is 28.4. The largest absolute Gasteiger partial charge is 0.413 e. The summed E-state index contributed by atoms with van der Waals surface area (Å²) in [6.07, 6.45) is 1.69. The highest BCUT2D eigenvalue weighted by Gasteiger charge is 2.37. The first-order valence-electron chi connectivity index (χ1n) is 12.8. The minimum absolute atomic E-state index is 0.172. The summed E-state index contributed by atoms with van der Waals surface area (Å²) in [5, 5.41) is 0.172. The van der Waals surface area contributed by atoms with Crippen molar-refractivity contribution in [2.24, 2.45) is 0 Å². The summed E-state index contributed by atoms with van der Waals surface area (Å²) in [5.41, 5.74) is 10.8. The third-order valence-corrected chi connectivity index (χ3v) is 12.0. The van der Waals surface area contributed by atoms with Gasteiger partial charge in [-0.3, -0.25) is 4.57 Å². The number of ether oxygens (including phenoxy) is 1. The fourth-order valence-corrected chi connectivity index (χ4v) is 5.13. The van der Waals surface area contributed by atoms with Gasteiger partial charge in [-0.05, 0) is 60.1 Å². The van der Waals surface area contributed by atoms with Gasteiger partial charge in [0.25, 0.3) is 0 Å². The average Bonchev–Trinajstić information content (AvgIpc) is 3.26. The van der Waals surface area contributed by atoms with E-state index >= 15 is 0 Å². The van der Waals surface area contributed by atoms with Crippen LogP contribution in [0.3, 0.4) is 0 Å². The third-order valence-electron chi connectivity index (χ3n) is 7.50. The SMILES string of the molecule is CC(C)(C)[Si](C)(C)OCc1ccc(-n2c(-c3cccnc3N)nc3ccc(N4CCOCC4)nc32)cc1. The number of hydrogen-bond donors (Lipinski definition) is 1. The number of pyridine rings is 2. The summed E-state index contributed by atoms with van der Waals surface area (Å²) < 4.78 is 14.0. The molecule has 0 radical (unpaired) electrons. The van der Waals surface area contributed by atoms with Crippen molar-refractivity contribution in [2.45, 2.75) is 45.5 Å². The Morgan fingerprint density at radius 2 is 1.73 bits per heavy atom. The van der Waals surface area contributed by atoms with E-state index < -0.39 is 8.32 Å². The van der Waals surface area contributed by atoms with Crippen LogP contribution in [0, 0.1) is 0 Å². The van der Waals surface area contributed by atoms with Crippen LogP contribution in [-0.2, 0) is 15.8 Å². The number of rotatable bonds is 6. The van der Waals surface area contributed by atoms with Gasteiger partial charge in [-0.2, -0.15) is 0 Å². The van der Waals surface area contributed by atoms with Crippen molar-refractivity contribution >= 4 is 31.1 Å². The molecule has 1 aromatic carbocycles. The first-order chi connectivity index (χ1) is 17.6. The van der Waals surface area contributed by atoms with Crippen LogP contribution < -0.4 is 10.6 Å². The molecule has 37 heavy (non-hydrogen) atoms. The Morgan fingerprint density at radius 3 is 2.41 bits per heavy atom. The maximum Gasteiger partial charge on any atom is 0.192 e. The Balaban J connectivity index is 1.55. The molecule has 4 heterocycles. The summed E-state index contributed by atoms with van der Waals surface area (Å²) in [6, 6.07) is 16.3. The second-order valence-electron chi connectivity index (χ2n) is 11.0. The molecule has 1 aliphatic rings. The molecule has 0 bridgehead atoms. The molecule has 0 aliphatic carbocycles. The second kappa shape index (κ2) is 9.89. The number of benzene rings is 1. The van der Waals surface area contributed by atoms with Gasteiger partial charge in [-0.1, -0.05) is 32.9 Å². The monoisotopic (exact) mass is 516 g/mol. The highest BCUT2D eigenvalue weighted by molar-refractivity contribution is 6.74. The number of hydrogen-bond acceptors (Lipinski definition) is 7. The van der Waals surface area contributed by atoms with E-state index in [2.05, 4.69) is 72.6 Å². The number of imidazole rings is 1. The fourth-order valence-electron chi connectivity index (χ4n) is 4.17. The molecule has 1 aliphatic heterocycles. The first-order valence-corrected chi connectivity index (χ1v) is 15.7. The molecular formula is C28H36N6O2Si. The van der Waals surface area contributed by atoms with Crippen LogP contribution in [0.1, 0.15) is 26.3 Å². The molecule has 0 amide bonds. The molecule has 5 rings (SSSR count). The zero-order valence-electron chi connectivity index (χ0n) is 22.4. The van der Waals surface area contributed by atoms with Crippen LogP contribution in [-0.4, -0.2) is 54.1 Å². The van der Waals surface area contributed by atoms with Crippen LogP contribution in [0.15, 0.2) is 54.7 Å². The van der Waals surface area contributed by atoms with E-state index in [0.717, 1.165) is 52.7 Å². The quantitative estimate of drug-likeness (QED) is 0.342. The van der Waals surface area contributed by atoms with E-state index in [1.807, 2.05) is 24.3 Å². The molecule has 8 nitrogen and oxygen atoms in total. The molecule has 0 saturated carbocycles. The van der Waals surface area contributed by atoms with Gasteiger partial charge in [0.1, 0.15) is 17.2 Å². The van der Waals surface area contributed by atoms with Crippen LogP contribution in [0.25, 0.3) is 28.2 Å². The topological polar surface area (TPSA) is 91.3 Å². The van der Waals surface area contributed by atoms with E-state index in [1.54, 1.807) is 6.20 Å². The molecule has 2 N–H and O–H groups in total. The number of aromatic nitrogens is 4. The maximum absolute atomic E-state index is 6.44. The number of fused-ring (bicyclic) bond motifs is 1. The van der Waals surface area contributed by atoms with Gasteiger partial charge in [0, 0.05) is 25.0 Å². The van der Waals surface area contributed by atoms with Crippen LogP contribution in [0.5, 0.6) is 0 Å². The lowest BCUT2D eigenvalue weighted by molar-refractivity contribution is 0.122. The van der Waals surface area contributed by atoms with E-state index in [0.29, 0.717) is 25.6 Å². The standard InChI is InChI=1S/C28H36N6O2Si/c1-28(2,3)37(4,5)36-19-20-8-10-21(11-9-20)34-26(22-7-6-14-30-25(22)29)31-23-12-13-24(32-27(23)34)33-15-17-35-18-16-33/h6-14H,15-19H2,1-5H3,(H2,29,30). The molecule has 4 aromatic rings. The molecular weight excluding hydrogens is 480 g/mol. The molecule has 1 fully saturated rings. The van der Waals surface area contributed by atoms with E-state index in [9.17, 15) is 0 Å². The van der Waals surface area contributed by atoms with E-state index in [4.69, 9.17) is 24.9 Å². The molecule has 9 heteroatoms. The smallest absolute Gasteiger partial charge is 0.192 e. The predicted octanol–water partition coefficient (Wildman–Crippen LogP) is 5.42. The van der Waals surface area contributed by atoms with Crippen molar-refractivity contribution in [3.8, 4) is 17.1 Å². The number of nitrogen functional groups attached to an aromatic ring is 1. The van der Waals surface area contributed by atoms with Crippen molar-refractivity contribution in [1.82, 2.24) is 19.5 Å². The van der Waals surface area contributed by atoms with Crippen molar-refractivity contribution in [3.05, 3.63) is 60.3 Å². The van der Waals surface area contributed by atoms with Gasteiger partial charge < -0.3 is 19.8 Å². The van der Waals surface area contributed by atoms with Gasteiger partial charge >= 0.3 is 0 Å². The zero-order chi connectivity index (χ0) is 26.2. The average molecular weight is 517 g/mol. The Morgan fingerprint density at radius 1 is 1.00 bits per heavy atom. The van der Waals surface area contributed by atoms with Gasteiger partial charge in [-0.25, -0.2) is 15.0 Å². The lowest BCUT2D eigenvalue weighted by atomic mass is 10.2. The lowest BCUT2D eigenvalue weighted by Gasteiger charge is -2.36. The minimum atomic E-state index is -1.83. The Hall–Kier alpha value is -3.27. The van der Waals surface area contributed by atoms with Gasteiger partial charge in [0.15, 0.2) is 19.8 Å². The third kappa shape index (κ3) is 5.11. The highest BCUT2D eigenvalue weighted by Crippen LogP contribution is 2.37. The number of anilines is 2. The van der Waals surface area contributed by atoms with Crippen molar-refractivity contribution in [2.75, 3.05) is 36.9 Å². The Bertz CT molecular complexity index is 1390. The fraction of sp³-hybridized carbons (Fsp3) is 0.393. The number of nitrogens with zero attached hydrogens (tertiary/aromatic N) is 5. The number of nitrogens with two attached hydrogens (primary N) is 1. The van der Waals surface area contributed by atoms with Crippen LogP contribution >= 0.6 is 0 Å². The molecule has 0 atom stereocenters. The van der Waals surface area contributed by atoms with Crippen molar-refractivity contribution in [1.29, 1.82) is 0 Å². The van der Waals surface area contributed by atoms with Crippen LogP contribution in [0.2, 0.25) is 18.1 Å². The molecule has 1 saturated heterocycles. The van der Waals surface area contributed by atoms with E-state index in [1.165, 1.54) is 0 Å².